The van der Waals surface area contributed by atoms with Crippen LogP contribution >= 0.6 is 11.6 Å². The molecule has 0 unspecified atom stereocenters. The molecule has 0 bridgehead atoms. The van der Waals surface area contributed by atoms with Gasteiger partial charge in [0, 0.05) is 10.6 Å². The number of hydrogen-bond acceptors (Lipinski definition) is 6. The van der Waals surface area contributed by atoms with Gasteiger partial charge in [0.2, 0.25) is 21.8 Å². The van der Waals surface area contributed by atoms with Crippen LogP contribution in [0.1, 0.15) is 17.5 Å². The molecule has 4 rings (SSSR count). The molecule has 0 saturated heterocycles. The minimum absolute atomic E-state index is 0.0631. The largest absolute Gasteiger partial charge is 0.497 e. The Hall–Kier alpha value is -3.20. The zero-order chi connectivity index (χ0) is 21.8. The van der Waals surface area contributed by atoms with Crippen molar-refractivity contribution in [3.05, 3.63) is 95.3 Å². The maximum Gasteiger partial charge on any atom is 0.247 e. The van der Waals surface area contributed by atoms with Gasteiger partial charge in [0.05, 0.1) is 12.0 Å². The first-order chi connectivity index (χ1) is 15.0. The molecule has 7 nitrogen and oxygen atoms in total. The molecule has 4 aromatic rings. The molecule has 1 aromatic heterocycles. The van der Waals surface area contributed by atoms with E-state index in [1.807, 2.05) is 30.3 Å². The van der Waals surface area contributed by atoms with Crippen molar-refractivity contribution < 1.29 is 17.6 Å². The Morgan fingerprint density at radius 3 is 2.29 bits per heavy atom. The number of halogens is 1. The van der Waals surface area contributed by atoms with Crippen LogP contribution < -0.4 is 9.46 Å². The van der Waals surface area contributed by atoms with Crippen LogP contribution in [-0.4, -0.2) is 25.7 Å². The highest BCUT2D eigenvalue weighted by molar-refractivity contribution is 7.89. The summed E-state index contributed by atoms with van der Waals surface area (Å²) in [4.78, 5) is 0.0631. The van der Waals surface area contributed by atoms with Gasteiger partial charge in [0.25, 0.3) is 0 Å². The number of aromatic nitrogens is 2. The van der Waals surface area contributed by atoms with E-state index in [9.17, 15) is 8.42 Å². The van der Waals surface area contributed by atoms with E-state index < -0.39 is 16.1 Å². The second kappa shape index (κ2) is 8.89. The normalized spacial score (nSPS) is 12.5. The number of rotatable bonds is 7. The Kier molecular flexibility index (Phi) is 6.03. The van der Waals surface area contributed by atoms with Gasteiger partial charge in [0.1, 0.15) is 11.8 Å². The van der Waals surface area contributed by atoms with Gasteiger partial charge in [-0.3, -0.25) is 0 Å². The Bertz CT molecular complexity index is 1280. The lowest BCUT2D eigenvalue weighted by atomic mass is 10.1. The summed E-state index contributed by atoms with van der Waals surface area (Å²) in [5, 5.41) is 8.54. The van der Waals surface area contributed by atoms with Gasteiger partial charge >= 0.3 is 0 Å². The number of nitrogens with one attached hydrogen (secondary N) is 1. The smallest absolute Gasteiger partial charge is 0.247 e. The van der Waals surface area contributed by atoms with Crippen LogP contribution in [0.4, 0.5) is 0 Å². The summed E-state index contributed by atoms with van der Waals surface area (Å²) >= 11 is 6.37. The van der Waals surface area contributed by atoms with E-state index in [0.29, 0.717) is 16.3 Å². The highest BCUT2D eigenvalue weighted by atomic mass is 35.5. The van der Waals surface area contributed by atoms with E-state index in [-0.39, 0.29) is 16.7 Å². The molecule has 0 radical (unpaired) electrons. The van der Waals surface area contributed by atoms with Crippen LogP contribution in [0.15, 0.2) is 88.2 Å². The lowest BCUT2D eigenvalue weighted by Crippen LogP contribution is -2.30. The number of ether oxygens (including phenoxy) is 1. The maximum absolute atomic E-state index is 13.1. The summed E-state index contributed by atoms with van der Waals surface area (Å²) < 4.78 is 39.7. The van der Waals surface area contributed by atoms with Gasteiger partial charge in [-0.1, -0.05) is 48.0 Å². The molecule has 0 aliphatic rings. The van der Waals surface area contributed by atoms with Crippen molar-refractivity contribution in [2.45, 2.75) is 10.9 Å². The SMILES string of the molecule is COc1ccc(S(=O)(=O)N[C@H](c2nnc(-c3ccccc3)o2)c2ccccc2Cl)cc1. The molecule has 0 fully saturated rings. The molecule has 9 heteroatoms. The lowest BCUT2D eigenvalue weighted by molar-refractivity contribution is 0.414. The lowest BCUT2D eigenvalue weighted by Gasteiger charge is -2.17. The molecule has 0 saturated carbocycles. The van der Waals surface area contributed by atoms with Crippen LogP contribution in [0, 0.1) is 0 Å². The van der Waals surface area contributed by atoms with Crippen LogP contribution in [0.2, 0.25) is 5.02 Å². The first kappa shape index (κ1) is 21.0. The molecule has 31 heavy (non-hydrogen) atoms. The molecule has 3 aromatic carbocycles. The van der Waals surface area contributed by atoms with Gasteiger partial charge in [-0.2, -0.15) is 4.72 Å². The number of methoxy groups -OCH3 is 1. The van der Waals surface area contributed by atoms with Crippen molar-refractivity contribution >= 4 is 21.6 Å². The quantitative estimate of drug-likeness (QED) is 0.442. The number of hydrogen-bond donors (Lipinski definition) is 1. The fraction of sp³-hybridized carbons (Fsp3) is 0.0909. The predicted octanol–water partition coefficient (Wildman–Crippen LogP) is 4.47. The van der Waals surface area contributed by atoms with Crippen LogP contribution in [-0.2, 0) is 10.0 Å². The first-order valence-corrected chi connectivity index (χ1v) is 11.1. The fourth-order valence-electron chi connectivity index (χ4n) is 2.98. The molecule has 1 atom stereocenters. The average Bonchev–Trinajstić information content (AvgIpc) is 3.29. The van der Waals surface area contributed by atoms with Gasteiger partial charge in [-0.15, -0.1) is 10.2 Å². The Morgan fingerprint density at radius 2 is 1.61 bits per heavy atom. The van der Waals surface area contributed by atoms with E-state index in [0.717, 1.165) is 5.56 Å². The van der Waals surface area contributed by atoms with Crippen molar-refractivity contribution in [1.29, 1.82) is 0 Å². The third-order valence-electron chi connectivity index (χ3n) is 4.57. The summed E-state index contributed by atoms with van der Waals surface area (Å²) in [6.45, 7) is 0. The van der Waals surface area contributed by atoms with Crippen molar-refractivity contribution in [3.8, 4) is 17.2 Å². The van der Waals surface area contributed by atoms with E-state index in [1.54, 1.807) is 36.4 Å². The third kappa shape index (κ3) is 4.61. The summed E-state index contributed by atoms with van der Waals surface area (Å²) in [6, 6.07) is 21.1. The molecule has 1 N–H and O–H groups in total. The van der Waals surface area contributed by atoms with E-state index in [4.69, 9.17) is 20.8 Å². The zero-order valence-corrected chi connectivity index (χ0v) is 18.0. The van der Waals surface area contributed by atoms with Crippen molar-refractivity contribution in [1.82, 2.24) is 14.9 Å². The van der Waals surface area contributed by atoms with Gasteiger partial charge in [-0.05, 0) is 48.0 Å². The highest BCUT2D eigenvalue weighted by Gasteiger charge is 2.29. The van der Waals surface area contributed by atoms with Gasteiger partial charge in [-0.25, -0.2) is 8.42 Å². The Balaban J connectivity index is 1.74. The molecule has 0 amide bonds. The van der Waals surface area contributed by atoms with Crippen LogP contribution in [0.3, 0.4) is 0 Å². The minimum Gasteiger partial charge on any atom is -0.497 e. The van der Waals surface area contributed by atoms with Crippen molar-refractivity contribution in [2.24, 2.45) is 0 Å². The molecule has 158 valence electrons. The maximum atomic E-state index is 13.1. The summed E-state index contributed by atoms with van der Waals surface area (Å²) in [5.74, 6) is 0.895. The zero-order valence-electron chi connectivity index (χ0n) is 16.4. The molecule has 1 heterocycles. The molecule has 0 aliphatic heterocycles. The Labute approximate surface area is 184 Å². The summed E-state index contributed by atoms with van der Waals surface area (Å²) in [5.41, 5.74) is 1.21. The van der Waals surface area contributed by atoms with Crippen molar-refractivity contribution in [3.63, 3.8) is 0 Å². The third-order valence-corrected chi connectivity index (χ3v) is 6.35. The minimum atomic E-state index is -3.94. The van der Waals surface area contributed by atoms with Crippen LogP contribution in [0.25, 0.3) is 11.5 Å². The topological polar surface area (TPSA) is 94.3 Å². The Morgan fingerprint density at radius 1 is 0.935 bits per heavy atom. The molecular formula is C22H18ClN3O4S. The number of sulfonamides is 1. The molecular weight excluding hydrogens is 438 g/mol. The molecule has 0 aliphatic carbocycles. The monoisotopic (exact) mass is 455 g/mol. The van der Waals surface area contributed by atoms with E-state index >= 15 is 0 Å². The van der Waals surface area contributed by atoms with Crippen molar-refractivity contribution in [2.75, 3.05) is 7.11 Å². The van der Waals surface area contributed by atoms with E-state index in [1.165, 1.54) is 19.2 Å². The highest BCUT2D eigenvalue weighted by Crippen LogP contribution is 2.31. The van der Waals surface area contributed by atoms with Gasteiger partial charge < -0.3 is 9.15 Å². The summed E-state index contributed by atoms with van der Waals surface area (Å²) in [6.07, 6.45) is 0. The number of nitrogens with zero attached hydrogens (tertiary/aromatic N) is 2. The number of benzene rings is 3. The first-order valence-electron chi connectivity index (χ1n) is 9.27. The average molecular weight is 456 g/mol. The van der Waals surface area contributed by atoms with Gasteiger partial charge in [0.15, 0.2) is 0 Å². The standard InChI is InChI=1S/C22H18ClN3O4S/c1-29-16-11-13-17(14-12-16)31(27,28)26-20(18-9-5-6-10-19(18)23)22-25-24-21(30-22)15-7-3-2-4-8-15/h2-14,20,26H,1H3/t20-/m0/s1. The second-order valence-electron chi connectivity index (χ2n) is 6.56. The predicted molar refractivity (Wildman–Crippen MR) is 116 cm³/mol. The summed E-state index contributed by atoms with van der Waals surface area (Å²) in [7, 11) is -2.44. The van der Waals surface area contributed by atoms with Crippen LogP contribution in [0.5, 0.6) is 5.75 Å². The fourth-order valence-corrected chi connectivity index (χ4v) is 4.40. The van der Waals surface area contributed by atoms with E-state index in [2.05, 4.69) is 14.9 Å². The second-order valence-corrected chi connectivity index (χ2v) is 8.68. The molecule has 0 spiro atoms.